The van der Waals surface area contributed by atoms with Gasteiger partial charge in [-0.1, -0.05) is 18.2 Å². The lowest BCUT2D eigenvalue weighted by molar-refractivity contribution is -0.118. The second-order valence-corrected chi connectivity index (χ2v) is 6.08. The van der Waals surface area contributed by atoms with Crippen LogP contribution in [0.25, 0.3) is 0 Å². The summed E-state index contributed by atoms with van der Waals surface area (Å²) in [5, 5.41) is 2.72. The first kappa shape index (κ1) is 17.0. The van der Waals surface area contributed by atoms with Crippen molar-refractivity contribution in [3.63, 3.8) is 0 Å². The van der Waals surface area contributed by atoms with Crippen molar-refractivity contribution in [1.29, 1.82) is 0 Å². The van der Waals surface area contributed by atoms with Gasteiger partial charge in [0.1, 0.15) is 0 Å². The fourth-order valence-electron chi connectivity index (χ4n) is 1.94. The maximum atomic E-state index is 12.0. The van der Waals surface area contributed by atoms with E-state index in [1.165, 1.54) is 0 Å². The third-order valence-electron chi connectivity index (χ3n) is 2.96. The summed E-state index contributed by atoms with van der Waals surface area (Å²) in [4.78, 5) is 12.6. The molecule has 1 atom stereocenters. The zero-order valence-electron chi connectivity index (χ0n) is 13.1. The average molecular weight is 333 g/mol. The maximum absolute atomic E-state index is 12.0. The largest absolute Gasteiger partial charge is 0.490 e. The number of carbonyl (C=O) groups is 1. The predicted octanol–water partition coefficient (Wildman–Crippen LogP) is 2.84. The summed E-state index contributed by atoms with van der Waals surface area (Å²) >= 11 is 0. The minimum atomic E-state index is -1.09. The molecule has 0 radical (unpaired) electrons. The Morgan fingerprint density at radius 3 is 2.43 bits per heavy atom. The molecular weight excluding hydrogens is 314 g/mol. The average Bonchev–Trinajstić information content (AvgIpc) is 2.54. The molecule has 2 rings (SSSR count). The summed E-state index contributed by atoms with van der Waals surface area (Å²) in [6.07, 6.45) is 1.59. The summed E-state index contributed by atoms with van der Waals surface area (Å²) in [5.41, 5.74) is 0.587. The van der Waals surface area contributed by atoms with E-state index in [0.29, 0.717) is 28.7 Å². The Morgan fingerprint density at radius 2 is 1.78 bits per heavy atom. The normalized spacial score (nSPS) is 11.6. The summed E-state index contributed by atoms with van der Waals surface area (Å²) in [5.74, 6) is 0.828. The lowest BCUT2D eigenvalue weighted by Gasteiger charge is -2.11. The highest BCUT2D eigenvalue weighted by molar-refractivity contribution is 7.84. The van der Waals surface area contributed by atoms with Crippen molar-refractivity contribution in [3.05, 3.63) is 48.5 Å². The van der Waals surface area contributed by atoms with E-state index in [2.05, 4.69) is 5.32 Å². The van der Waals surface area contributed by atoms with Crippen LogP contribution in [0, 0.1) is 0 Å². The van der Waals surface area contributed by atoms with Gasteiger partial charge in [-0.05, 0) is 37.3 Å². The molecule has 0 bridgehead atoms. The van der Waals surface area contributed by atoms with E-state index in [4.69, 9.17) is 9.47 Å². The smallest absolute Gasteiger partial charge is 0.262 e. The number of carbonyl (C=O) groups excluding carboxylic acids is 1. The third kappa shape index (κ3) is 5.10. The number of anilines is 1. The van der Waals surface area contributed by atoms with E-state index in [1.807, 2.05) is 19.1 Å². The molecule has 0 saturated heterocycles. The first-order valence-corrected chi connectivity index (χ1v) is 8.74. The number of hydrogen-bond acceptors (Lipinski definition) is 4. The van der Waals surface area contributed by atoms with Crippen LogP contribution in [0.5, 0.6) is 11.5 Å². The predicted molar refractivity (Wildman–Crippen MR) is 90.5 cm³/mol. The molecule has 2 aromatic rings. The van der Waals surface area contributed by atoms with Crippen molar-refractivity contribution in [2.75, 3.05) is 24.8 Å². The Labute approximate surface area is 138 Å². The van der Waals surface area contributed by atoms with Crippen LogP contribution in [0.15, 0.2) is 53.4 Å². The van der Waals surface area contributed by atoms with Crippen LogP contribution in [0.3, 0.4) is 0 Å². The Balaban J connectivity index is 1.95. The monoisotopic (exact) mass is 333 g/mol. The zero-order chi connectivity index (χ0) is 16.7. The number of ether oxygens (including phenoxy) is 2. The van der Waals surface area contributed by atoms with E-state index >= 15 is 0 Å². The molecule has 23 heavy (non-hydrogen) atoms. The van der Waals surface area contributed by atoms with Crippen LogP contribution in [-0.4, -0.2) is 29.6 Å². The molecule has 1 N–H and O–H groups in total. The molecule has 122 valence electrons. The highest BCUT2D eigenvalue weighted by Gasteiger charge is 2.08. The Hall–Kier alpha value is -2.34. The molecule has 0 aromatic heterocycles. The SMILES string of the molecule is CCOc1ccccc1OCC(=O)Nc1cccc(S(C)=O)c1. The fourth-order valence-corrected chi connectivity index (χ4v) is 2.50. The number of amides is 1. The molecule has 1 unspecified atom stereocenters. The summed E-state index contributed by atoms with van der Waals surface area (Å²) in [6.45, 7) is 2.27. The van der Waals surface area contributed by atoms with E-state index in [9.17, 15) is 9.00 Å². The minimum Gasteiger partial charge on any atom is -0.490 e. The molecule has 0 spiro atoms. The van der Waals surface area contributed by atoms with Crippen molar-refractivity contribution >= 4 is 22.4 Å². The van der Waals surface area contributed by atoms with Crippen molar-refractivity contribution in [2.24, 2.45) is 0 Å². The number of hydrogen-bond donors (Lipinski definition) is 1. The van der Waals surface area contributed by atoms with Crippen LogP contribution in [0.4, 0.5) is 5.69 Å². The molecule has 0 aliphatic carbocycles. The van der Waals surface area contributed by atoms with E-state index in [1.54, 1.807) is 42.7 Å². The first-order chi connectivity index (χ1) is 11.1. The molecule has 6 heteroatoms. The summed E-state index contributed by atoms with van der Waals surface area (Å²) in [7, 11) is -1.09. The van der Waals surface area contributed by atoms with Crippen LogP contribution in [0.2, 0.25) is 0 Å². The van der Waals surface area contributed by atoms with Crippen LogP contribution in [0.1, 0.15) is 6.92 Å². The summed E-state index contributed by atoms with van der Waals surface area (Å²) < 4.78 is 22.4. The fraction of sp³-hybridized carbons (Fsp3) is 0.235. The molecule has 0 aliphatic heterocycles. The number of benzene rings is 2. The molecule has 5 nitrogen and oxygen atoms in total. The number of para-hydroxylation sites is 2. The lowest BCUT2D eigenvalue weighted by Crippen LogP contribution is -2.20. The molecular formula is C17H19NO4S. The Kier molecular flexibility index (Phi) is 6.17. The second-order valence-electron chi connectivity index (χ2n) is 4.70. The summed E-state index contributed by atoms with van der Waals surface area (Å²) in [6, 6.07) is 14.1. The van der Waals surface area contributed by atoms with Gasteiger partial charge in [0.05, 0.1) is 6.61 Å². The van der Waals surface area contributed by atoms with Gasteiger partial charge < -0.3 is 14.8 Å². The van der Waals surface area contributed by atoms with E-state index in [0.717, 1.165) is 0 Å². The lowest BCUT2D eigenvalue weighted by atomic mass is 10.3. The van der Waals surface area contributed by atoms with Gasteiger partial charge in [-0.3, -0.25) is 9.00 Å². The zero-order valence-corrected chi connectivity index (χ0v) is 13.9. The van der Waals surface area contributed by atoms with Crippen LogP contribution in [-0.2, 0) is 15.6 Å². The second kappa shape index (κ2) is 8.33. The first-order valence-electron chi connectivity index (χ1n) is 7.18. The maximum Gasteiger partial charge on any atom is 0.262 e. The number of rotatable bonds is 7. The van der Waals surface area contributed by atoms with E-state index in [-0.39, 0.29) is 12.5 Å². The van der Waals surface area contributed by atoms with Gasteiger partial charge in [0.25, 0.3) is 5.91 Å². The standard InChI is InChI=1S/C17H19NO4S/c1-3-21-15-9-4-5-10-16(15)22-12-17(19)18-13-7-6-8-14(11-13)23(2)20/h4-11H,3,12H2,1-2H3,(H,18,19). The quantitative estimate of drug-likeness (QED) is 0.846. The Bertz CT molecular complexity index is 702. The number of nitrogens with one attached hydrogen (secondary N) is 1. The third-order valence-corrected chi connectivity index (χ3v) is 3.88. The van der Waals surface area contributed by atoms with Crippen molar-refractivity contribution in [3.8, 4) is 11.5 Å². The highest BCUT2D eigenvalue weighted by atomic mass is 32.2. The van der Waals surface area contributed by atoms with Gasteiger partial charge in [-0.25, -0.2) is 0 Å². The van der Waals surface area contributed by atoms with Crippen molar-refractivity contribution in [2.45, 2.75) is 11.8 Å². The molecule has 0 fully saturated rings. The van der Waals surface area contributed by atoms with Crippen LogP contribution >= 0.6 is 0 Å². The Morgan fingerprint density at radius 1 is 1.09 bits per heavy atom. The molecule has 0 aliphatic rings. The van der Waals surface area contributed by atoms with Gasteiger partial charge in [0, 0.05) is 27.6 Å². The van der Waals surface area contributed by atoms with Gasteiger partial charge in [0.2, 0.25) is 0 Å². The minimum absolute atomic E-state index is 0.135. The van der Waals surface area contributed by atoms with Gasteiger partial charge in [-0.2, -0.15) is 0 Å². The van der Waals surface area contributed by atoms with Crippen molar-refractivity contribution in [1.82, 2.24) is 0 Å². The molecule has 0 heterocycles. The van der Waals surface area contributed by atoms with Gasteiger partial charge in [-0.15, -0.1) is 0 Å². The van der Waals surface area contributed by atoms with Gasteiger partial charge in [0.15, 0.2) is 18.1 Å². The molecule has 1 amide bonds. The topological polar surface area (TPSA) is 64.6 Å². The molecule has 0 saturated carbocycles. The van der Waals surface area contributed by atoms with E-state index < -0.39 is 10.8 Å². The molecule has 2 aromatic carbocycles. The van der Waals surface area contributed by atoms with Crippen molar-refractivity contribution < 1.29 is 18.5 Å². The van der Waals surface area contributed by atoms with Crippen LogP contribution < -0.4 is 14.8 Å². The highest BCUT2D eigenvalue weighted by Crippen LogP contribution is 2.26. The van der Waals surface area contributed by atoms with Gasteiger partial charge >= 0.3 is 0 Å².